The maximum Gasteiger partial charge on any atom is 0.166 e. The summed E-state index contributed by atoms with van der Waals surface area (Å²) in [5.41, 5.74) is 8.55. The van der Waals surface area contributed by atoms with Crippen molar-refractivity contribution in [3.05, 3.63) is 182 Å². The van der Waals surface area contributed by atoms with E-state index in [1.54, 1.807) is 0 Å². The van der Waals surface area contributed by atoms with E-state index in [9.17, 15) is 0 Å². The lowest BCUT2D eigenvalue weighted by Crippen LogP contribution is -2.06. The van der Waals surface area contributed by atoms with Crippen molar-refractivity contribution in [2.75, 3.05) is 0 Å². The van der Waals surface area contributed by atoms with Gasteiger partial charge in [-0.2, -0.15) is 0 Å². The van der Waals surface area contributed by atoms with E-state index in [1.807, 2.05) is 18.2 Å². The maximum absolute atomic E-state index is 5.36. The summed E-state index contributed by atoms with van der Waals surface area (Å²) in [5.74, 6) is 1.90. The molecule has 0 radical (unpaired) electrons. The molecular weight excluding hydrogens is 659 g/mol. The van der Waals surface area contributed by atoms with Crippen molar-refractivity contribution in [1.82, 2.24) is 24.1 Å². The van der Waals surface area contributed by atoms with Gasteiger partial charge in [0.1, 0.15) is 0 Å². The first-order chi connectivity index (χ1) is 26.8. The quantitative estimate of drug-likeness (QED) is 0.180. The molecule has 3 aromatic heterocycles. The van der Waals surface area contributed by atoms with Crippen molar-refractivity contribution in [2.24, 2.45) is 0 Å². The van der Waals surface area contributed by atoms with Crippen LogP contribution < -0.4 is 0 Å². The Kier molecular flexibility index (Phi) is 6.92. The summed E-state index contributed by atoms with van der Waals surface area (Å²) < 4.78 is 4.84. The average molecular weight is 692 g/mol. The van der Waals surface area contributed by atoms with E-state index in [4.69, 9.17) is 15.0 Å². The summed E-state index contributed by atoms with van der Waals surface area (Å²) >= 11 is 0. The van der Waals surface area contributed by atoms with E-state index in [2.05, 4.69) is 173 Å². The van der Waals surface area contributed by atoms with E-state index in [0.29, 0.717) is 17.5 Å². The summed E-state index contributed by atoms with van der Waals surface area (Å²) in [6.45, 7) is 0. The van der Waals surface area contributed by atoms with Crippen LogP contribution >= 0.6 is 0 Å². The van der Waals surface area contributed by atoms with Crippen molar-refractivity contribution >= 4 is 54.4 Å². The molecule has 1 aliphatic rings. The monoisotopic (exact) mass is 691 g/mol. The van der Waals surface area contributed by atoms with Crippen LogP contribution in [0.5, 0.6) is 0 Å². The van der Waals surface area contributed by atoms with Gasteiger partial charge in [-0.05, 0) is 65.7 Å². The molecule has 10 aromatic rings. The zero-order valence-corrected chi connectivity index (χ0v) is 29.3. The van der Waals surface area contributed by atoms with Gasteiger partial charge in [-0.15, -0.1) is 0 Å². The van der Waals surface area contributed by atoms with Gasteiger partial charge in [-0.25, -0.2) is 15.0 Å². The first-order valence-electron chi connectivity index (χ1n) is 18.5. The Bertz CT molecular complexity index is 3090. The Hall–Kier alpha value is -7.11. The van der Waals surface area contributed by atoms with Crippen molar-refractivity contribution in [1.29, 1.82) is 0 Å². The molecule has 54 heavy (non-hydrogen) atoms. The first-order valence-corrected chi connectivity index (χ1v) is 18.5. The molecule has 0 N–H and O–H groups in total. The molecule has 0 fully saturated rings. The van der Waals surface area contributed by atoms with Crippen LogP contribution in [0.4, 0.5) is 0 Å². The minimum atomic E-state index is 0.254. The third kappa shape index (κ3) is 4.82. The molecule has 1 atom stereocenters. The standard InChI is InChI=1S/C49H33N5/c1-3-15-32(16-4-1)47-50-48(35-27-28-45-40(30-35)39-23-11-12-24-42(39)53(45)36-19-5-2-6-20-36)52-49(51-47)41-29-33-17-7-8-18-34(33)31-46(41)54-43-25-13-9-21-37(43)38-22-10-14-26-44(38)54/h1-19,21-31,36H,20H2. The maximum atomic E-state index is 5.36. The molecule has 0 bridgehead atoms. The van der Waals surface area contributed by atoms with Crippen LogP contribution in [0.25, 0.3) is 94.2 Å². The van der Waals surface area contributed by atoms with Crippen LogP contribution in [-0.4, -0.2) is 24.1 Å². The molecule has 254 valence electrons. The van der Waals surface area contributed by atoms with Crippen LogP contribution in [0, 0.1) is 0 Å². The van der Waals surface area contributed by atoms with Gasteiger partial charge in [0, 0.05) is 49.3 Å². The lowest BCUT2D eigenvalue weighted by Gasteiger charge is -2.18. The zero-order chi connectivity index (χ0) is 35.6. The number of aromatic nitrogens is 5. The minimum Gasteiger partial charge on any atom is -0.333 e. The molecule has 11 rings (SSSR count). The Balaban J connectivity index is 1.18. The third-order valence-electron chi connectivity index (χ3n) is 10.9. The minimum absolute atomic E-state index is 0.254. The summed E-state index contributed by atoms with van der Waals surface area (Å²) in [5, 5.41) is 7.10. The van der Waals surface area contributed by atoms with Gasteiger partial charge >= 0.3 is 0 Å². The van der Waals surface area contributed by atoms with Gasteiger partial charge in [-0.1, -0.05) is 133 Å². The number of nitrogens with zero attached hydrogens (tertiary/aromatic N) is 5. The molecule has 0 aliphatic heterocycles. The van der Waals surface area contributed by atoms with E-state index < -0.39 is 0 Å². The van der Waals surface area contributed by atoms with Gasteiger partial charge in [0.2, 0.25) is 0 Å². The fourth-order valence-corrected chi connectivity index (χ4v) is 8.37. The van der Waals surface area contributed by atoms with E-state index in [1.165, 1.54) is 32.6 Å². The predicted octanol–water partition coefficient (Wildman–Crippen LogP) is 12.3. The molecule has 0 saturated carbocycles. The average Bonchev–Trinajstić information content (AvgIpc) is 3.76. The van der Waals surface area contributed by atoms with Gasteiger partial charge in [0.25, 0.3) is 0 Å². The van der Waals surface area contributed by atoms with Crippen molar-refractivity contribution in [2.45, 2.75) is 12.5 Å². The van der Waals surface area contributed by atoms with Crippen LogP contribution in [0.15, 0.2) is 182 Å². The van der Waals surface area contributed by atoms with E-state index in [-0.39, 0.29) is 6.04 Å². The second-order valence-corrected chi connectivity index (χ2v) is 14.0. The molecule has 1 unspecified atom stereocenters. The zero-order valence-electron chi connectivity index (χ0n) is 29.3. The Morgan fingerprint density at radius 3 is 1.72 bits per heavy atom. The molecule has 7 aromatic carbocycles. The number of fused-ring (bicyclic) bond motifs is 7. The molecule has 0 saturated heterocycles. The van der Waals surface area contributed by atoms with Crippen molar-refractivity contribution < 1.29 is 0 Å². The predicted molar refractivity (Wildman–Crippen MR) is 223 cm³/mol. The fraction of sp³-hybridized carbons (Fsp3) is 0.0408. The van der Waals surface area contributed by atoms with Gasteiger partial charge in [0.15, 0.2) is 17.5 Å². The molecule has 1 aliphatic carbocycles. The highest BCUT2D eigenvalue weighted by atomic mass is 15.1. The van der Waals surface area contributed by atoms with Crippen LogP contribution in [0.3, 0.4) is 0 Å². The smallest absolute Gasteiger partial charge is 0.166 e. The summed E-state index contributed by atoms with van der Waals surface area (Å²) in [6, 6.07) is 56.2. The second kappa shape index (κ2) is 12.2. The lowest BCUT2D eigenvalue weighted by molar-refractivity contribution is 0.648. The lowest BCUT2D eigenvalue weighted by atomic mass is 10.0. The van der Waals surface area contributed by atoms with Crippen LogP contribution in [0.1, 0.15) is 12.5 Å². The number of hydrogen-bond donors (Lipinski definition) is 0. The number of rotatable bonds is 5. The van der Waals surface area contributed by atoms with Crippen LogP contribution in [-0.2, 0) is 0 Å². The Morgan fingerprint density at radius 2 is 1.02 bits per heavy atom. The van der Waals surface area contributed by atoms with Crippen molar-refractivity contribution in [3.8, 4) is 39.9 Å². The van der Waals surface area contributed by atoms with Gasteiger partial charge in [-0.3, -0.25) is 0 Å². The second-order valence-electron chi connectivity index (χ2n) is 14.0. The highest BCUT2D eigenvalue weighted by molar-refractivity contribution is 6.11. The summed E-state index contributed by atoms with van der Waals surface area (Å²) in [6.07, 6.45) is 9.79. The number of benzene rings is 7. The summed E-state index contributed by atoms with van der Waals surface area (Å²) in [4.78, 5) is 15.8. The largest absolute Gasteiger partial charge is 0.333 e. The normalized spacial score (nSPS) is 14.3. The fourth-order valence-electron chi connectivity index (χ4n) is 8.37. The molecular formula is C49H33N5. The third-order valence-corrected chi connectivity index (χ3v) is 10.9. The molecule has 3 heterocycles. The van der Waals surface area contributed by atoms with Gasteiger partial charge in [0.05, 0.1) is 22.8 Å². The molecule has 0 spiro atoms. The van der Waals surface area contributed by atoms with Crippen LogP contribution in [0.2, 0.25) is 0 Å². The highest BCUT2D eigenvalue weighted by Crippen LogP contribution is 2.40. The van der Waals surface area contributed by atoms with Crippen molar-refractivity contribution in [3.63, 3.8) is 0 Å². The van der Waals surface area contributed by atoms with Gasteiger partial charge < -0.3 is 9.13 Å². The first kappa shape index (κ1) is 30.5. The number of allylic oxidation sites excluding steroid dienone is 4. The molecule has 0 amide bonds. The molecule has 5 heteroatoms. The SMILES string of the molecule is C1=CCC(n2c3ccccc3c3cc(-c4nc(-c5ccccc5)nc(-c5cc6ccccc6cc5-n5c6ccccc6c6ccccc65)n4)ccc32)C=C1. The topological polar surface area (TPSA) is 48.5 Å². The van der Waals surface area contributed by atoms with E-state index in [0.717, 1.165) is 50.6 Å². The summed E-state index contributed by atoms with van der Waals surface area (Å²) in [7, 11) is 0. The molecule has 5 nitrogen and oxygen atoms in total. The van der Waals surface area contributed by atoms with E-state index >= 15 is 0 Å². The number of hydrogen-bond acceptors (Lipinski definition) is 3. The Morgan fingerprint density at radius 1 is 0.444 bits per heavy atom. The Labute approximate surface area is 311 Å². The number of para-hydroxylation sites is 3. The highest BCUT2D eigenvalue weighted by Gasteiger charge is 2.22.